The van der Waals surface area contributed by atoms with Gasteiger partial charge in [-0.25, -0.2) is 4.39 Å². The third kappa shape index (κ3) is 3.22. The molecule has 2 aromatic rings. The van der Waals surface area contributed by atoms with Crippen molar-refractivity contribution in [2.45, 2.75) is 32.9 Å². The normalized spacial score (nSPS) is 12.7. The fraction of sp³-hybridized carbons (Fsp3) is 0.357. The Kier molecular flexibility index (Phi) is 4.37. The first-order valence-electron chi connectivity index (χ1n) is 6.17. The maximum Gasteiger partial charge on any atom is 0.137 e. The zero-order valence-corrected chi connectivity index (χ0v) is 12.5. The molecule has 19 heavy (non-hydrogen) atoms. The molecule has 1 aromatic carbocycles. The summed E-state index contributed by atoms with van der Waals surface area (Å²) in [5, 5.41) is 14.6. The highest BCUT2D eigenvalue weighted by molar-refractivity contribution is 9.10. The highest BCUT2D eigenvalue weighted by Gasteiger charge is 2.14. The monoisotopic (exact) mass is 326 g/mol. The number of nitrogens with zero attached hydrogens (tertiary/aromatic N) is 2. The summed E-state index contributed by atoms with van der Waals surface area (Å²) in [4.78, 5) is 0. The van der Waals surface area contributed by atoms with Crippen LogP contribution in [0.1, 0.15) is 30.0 Å². The number of benzene rings is 1. The van der Waals surface area contributed by atoms with Crippen LogP contribution >= 0.6 is 15.9 Å². The Morgan fingerprint density at radius 3 is 2.79 bits per heavy atom. The summed E-state index contributed by atoms with van der Waals surface area (Å²) in [6, 6.07) is 6.53. The molecule has 102 valence electrons. The fourth-order valence-electron chi connectivity index (χ4n) is 2.07. The zero-order valence-electron chi connectivity index (χ0n) is 10.9. The van der Waals surface area contributed by atoms with E-state index in [4.69, 9.17) is 0 Å². The molecule has 0 bridgehead atoms. The van der Waals surface area contributed by atoms with E-state index < -0.39 is 6.10 Å². The van der Waals surface area contributed by atoms with Gasteiger partial charge in [-0.2, -0.15) is 5.10 Å². The van der Waals surface area contributed by atoms with Crippen molar-refractivity contribution in [1.82, 2.24) is 9.78 Å². The zero-order chi connectivity index (χ0) is 14.0. The first kappa shape index (κ1) is 14.2. The molecule has 0 radical (unpaired) electrons. The number of hydrogen-bond acceptors (Lipinski definition) is 2. The maximum absolute atomic E-state index is 13.2. The van der Waals surface area contributed by atoms with Crippen LogP contribution in [-0.2, 0) is 13.0 Å². The van der Waals surface area contributed by atoms with E-state index in [1.807, 2.05) is 24.6 Å². The smallest absolute Gasteiger partial charge is 0.137 e. The van der Waals surface area contributed by atoms with Crippen LogP contribution < -0.4 is 0 Å². The van der Waals surface area contributed by atoms with Gasteiger partial charge in [0.25, 0.3) is 0 Å². The van der Waals surface area contributed by atoms with Crippen molar-refractivity contribution < 1.29 is 9.50 Å². The van der Waals surface area contributed by atoms with Crippen LogP contribution in [0.15, 0.2) is 28.7 Å². The molecule has 1 heterocycles. The average Bonchev–Trinajstić information content (AvgIpc) is 2.72. The molecule has 2 rings (SSSR count). The van der Waals surface area contributed by atoms with Gasteiger partial charge in [-0.3, -0.25) is 4.68 Å². The molecule has 0 aliphatic rings. The molecule has 1 N–H and O–H groups in total. The van der Waals surface area contributed by atoms with Gasteiger partial charge >= 0.3 is 0 Å². The van der Waals surface area contributed by atoms with E-state index in [9.17, 15) is 9.50 Å². The molecule has 3 nitrogen and oxygen atoms in total. The van der Waals surface area contributed by atoms with Crippen molar-refractivity contribution >= 4 is 15.9 Å². The number of halogens is 2. The van der Waals surface area contributed by atoms with Gasteiger partial charge in [0.05, 0.1) is 16.3 Å². The molecule has 0 amide bonds. The topological polar surface area (TPSA) is 38.0 Å². The van der Waals surface area contributed by atoms with E-state index in [0.717, 1.165) is 17.9 Å². The van der Waals surface area contributed by atoms with E-state index in [0.29, 0.717) is 16.5 Å². The second-order valence-electron chi connectivity index (χ2n) is 4.49. The highest BCUT2D eigenvalue weighted by Crippen LogP contribution is 2.24. The molecule has 1 atom stereocenters. The van der Waals surface area contributed by atoms with E-state index in [2.05, 4.69) is 21.0 Å². The molecule has 0 aliphatic carbocycles. The molecule has 1 unspecified atom stereocenters. The summed E-state index contributed by atoms with van der Waals surface area (Å²) >= 11 is 3.13. The fourth-order valence-corrected chi connectivity index (χ4v) is 2.47. The van der Waals surface area contributed by atoms with Crippen LogP contribution in [0.25, 0.3) is 0 Å². The number of hydrogen-bond donors (Lipinski definition) is 1. The number of aliphatic hydroxyl groups excluding tert-OH is 1. The van der Waals surface area contributed by atoms with E-state index in [1.54, 1.807) is 12.1 Å². The number of rotatable bonds is 4. The van der Waals surface area contributed by atoms with Crippen LogP contribution in [0.4, 0.5) is 4.39 Å². The second-order valence-corrected chi connectivity index (χ2v) is 5.34. The van der Waals surface area contributed by atoms with Crippen molar-refractivity contribution in [2.75, 3.05) is 0 Å². The summed E-state index contributed by atoms with van der Waals surface area (Å²) in [5.74, 6) is -0.328. The Hall–Kier alpha value is -1.20. The molecule has 1 aromatic heterocycles. The molecular formula is C14H16BrFN2O. The largest absolute Gasteiger partial charge is 0.388 e. The third-order valence-corrected chi connectivity index (χ3v) is 3.62. The Morgan fingerprint density at radius 2 is 2.16 bits per heavy atom. The van der Waals surface area contributed by atoms with Crippen molar-refractivity contribution in [2.24, 2.45) is 0 Å². The first-order valence-corrected chi connectivity index (χ1v) is 6.97. The SMILES string of the molecule is CCn1nc(C)cc1CC(O)c1ccc(F)c(Br)c1. The van der Waals surface area contributed by atoms with Gasteiger partial charge in [-0.05, 0) is 53.5 Å². The first-order chi connectivity index (χ1) is 9.01. The lowest BCUT2D eigenvalue weighted by Gasteiger charge is -2.12. The standard InChI is InChI=1S/C14H16BrFN2O/c1-3-18-11(6-9(2)17-18)8-14(19)10-4-5-13(16)12(15)7-10/h4-7,14,19H,3,8H2,1-2H3. The molecule has 0 aliphatic heterocycles. The number of aliphatic hydroxyl groups is 1. The summed E-state index contributed by atoms with van der Waals surface area (Å²) in [7, 11) is 0. The Balaban J connectivity index is 2.20. The second kappa shape index (κ2) is 5.84. The Labute approximate surface area is 120 Å². The van der Waals surface area contributed by atoms with Gasteiger partial charge in [-0.15, -0.1) is 0 Å². The minimum absolute atomic E-state index is 0.328. The Morgan fingerprint density at radius 1 is 1.42 bits per heavy atom. The van der Waals surface area contributed by atoms with Crippen LogP contribution in [-0.4, -0.2) is 14.9 Å². The molecule has 0 saturated carbocycles. The lowest BCUT2D eigenvalue weighted by Crippen LogP contribution is -2.08. The summed E-state index contributed by atoms with van der Waals surface area (Å²) in [5.41, 5.74) is 2.60. The number of aromatic nitrogens is 2. The molecule has 5 heteroatoms. The molecule has 0 spiro atoms. The van der Waals surface area contributed by atoms with Crippen LogP contribution in [0.5, 0.6) is 0 Å². The predicted molar refractivity (Wildman–Crippen MR) is 75.4 cm³/mol. The lowest BCUT2D eigenvalue weighted by atomic mass is 10.0. The average molecular weight is 327 g/mol. The summed E-state index contributed by atoms with van der Waals surface area (Å²) in [6.07, 6.45) is -0.203. The molecular weight excluding hydrogens is 311 g/mol. The van der Waals surface area contributed by atoms with Gasteiger partial charge in [-0.1, -0.05) is 6.07 Å². The van der Waals surface area contributed by atoms with Crippen LogP contribution in [0.2, 0.25) is 0 Å². The van der Waals surface area contributed by atoms with Gasteiger partial charge in [0.1, 0.15) is 5.82 Å². The van der Waals surface area contributed by atoms with Gasteiger partial charge in [0.2, 0.25) is 0 Å². The lowest BCUT2D eigenvalue weighted by molar-refractivity contribution is 0.175. The van der Waals surface area contributed by atoms with Gasteiger partial charge in [0, 0.05) is 18.7 Å². The van der Waals surface area contributed by atoms with E-state index in [1.165, 1.54) is 6.07 Å². The van der Waals surface area contributed by atoms with Gasteiger partial charge < -0.3 is 5.11 Å². The van der Waals surface area contributed by atoms with E-state index in [-0.39, 0.29) is 5.82 Å². The van der Waals surface area contributed by atoms with Crippen LogP contribution in [0, 0.1) is 12.7 Å². The third-order valence-electron chi connectivity index (χ3n) is 3.02. The minimum Gasteiger partial charge on any atom is -0.388 e. The van der Waals surface area contributed by atoms with Gasteiger partial charge in [0.15, 0.2) is 0 Å². The summed E-state index contributed by atoms with van der Waals surface area (Å²) < 4.78 is 15.4. The molecule has 0 fully saturated rings. The molecule has 0 saturated heterocycles. The van der Waals surface area contributed by atoms with Crippen molar-refractivity contribution in [1.29, 1.82) is 0 Å². The van der Waals surface area contributed by atoms with Crippen molar-refractivity contribution in [3.05, 3.63) is 51.5 Å². The quantitative estimate of drug-likeness (QED) is 0.935. The predicted octanol–water partition coefficient (Wildman–Crippen LogP) is 3.39. The Bertz CT molecular complexity index is 583. The van der Waals surface area contributed by atoms with Crippen molar-refractivity contribution in [3.63, 3.8) is 0 Å². The minimum atomic E-state index is -0.668. The van der Waals surface area contributed by atoms with E-state index >= 15 is 0 Å². The highest BCUT2D eigenvalue weighted by atomic mass is 79.9. The summed E-state index contributed by atoms with van der Waals surface area (Å²) in [6.45, 7) is 4.70. The van der Waals surface area contributed by atoms with Crippen molar-refractivity contribution in [3.8, 4) is 0 Å². The maximum atomic E-state index is 13.2. The van der Waals surface area contributed by atoms with Crippen LogP contribution in [0.3, 0.4) is 0 Å². The number of aryl methyl sites for hydroxylation is 2.